The monoisotopic (exact) mass is 281 g/mol. The molecule has 108 valence electrons. The van der Waals surface area contributed by atoms with Crippen molar-refractivity contribution in [1.29, 1.82) is 0 Å². The molecule has 2 aromatic carbocycles. The fourth-order valence-electron chi connectivity index (χ4n) is 2.61. The van der Waals surface area contributed by atoms with Crippen LogP contribution in [0.25, 0.3) is 0 Å². The summed E-state index contributed by atoms with van der Waals surface area (Å²) in [5, 5.41) is 6.23. The van der Waals surface area contributed by atoms with E-state index in [1.165, 1.54) is 5.56 Å². The van der Waals surface area contributed by atoms with Gasteiger partial charge in [0.15, 0.2) is 0 Å². The Morgan fingerprint density at radius 3 is 2.81 bits per heavy atom. The third kappa shape index (κ3) is 2.84. The van der Waals surface area contributed by atoms with Crippen molar-refractivity contribution >= 4 is 23.0 Å². The van der Waals surface area contributed by atoms with Gasteiger partial charge in [0.25, 0.3) is 0 Å². The molecule has 1 aliphatic rings. The van der Waals surface area contributed by atoms with Crippen molar-refractivity contribution in [2.24, 2.45) is 0 Å². The predicted octanol–water partition coefficient (Wildman–Crippen LogP) is 2.98. The predicted molar refractivity (Wildman–Crippen MR) is 86.5 cm³/mol. The van der Waals surface area contributed by atoms with Gasteiger partial charge in [-0.1, -0.05) is 37.3 Å². The number of benzene rings is 2. The van der Waals surface area contributed by atoms with Gasteiger partial charge in [-0.3, -0.25) is 4.79 Å². The van der Waals surface area contributed by atoms with Gasteiger partial charge in [0.2, 0.25) is 5.91 Å². The number of nitrogen functional groups attached to an aromatic ring is 1. The van der Waals surface area contributed by atoms with Crippen LogP contribution in [0.3, 0.4) is 0 Å². The van der Waals surface area contributed by atoms with E-state index in [1.807, 2.05) is 30.3 Å². The summed E-state index contributed by atoms with van der Waals surface area (Å²) in [5.74, 6) is 0.410. The minimum Gasteiger partial charge on any atom is -0.397 e. The number of anilines is 3. The van der Waals surface area contributed by atoms with Crippen LogP contribution >= 0.6 is 0 Å². The molecule has 0 fully saturated rings. The Kier molecular flexibility index (Phi) is 3.52. The molecular formula is C17H19N3O. The third-order valence-corrected chi connectivity index (χ3v) is 3.87. The van der Waals surface area contributed by atoms with E-state index in [0.717, 1.165) is 23.5 Å². The quantitative estimate of drug-likeness (QED) is 0.755. The molecule has 4 nitrogen and oxygen atoms in total. The lowest BCUT2D eigenvalue weighted by atomic mass is 10.0. The lowest BCUT2D eigenvalue weighted by molar-refractivity contribution is -0.115. The summed E-state index contributed by atoms with van der Waals surface area (Å²) in [6.07, 6.45) is 0.417. The molecule has 21 heavy (non-hydrogen) atoms. The van der Waals surface area contributed by atoms with E-state index in [1.54, 1.807) is 0 Å². The molecule has 0 saturated heterocycles. The third-order valence-electron chi connectivity index (χ3n) is 3.87. The Hall–Kier alpha value is -2.49. The molecule has 4 N–H and O–H groups in total. The van der Waals surface area contributed by atoms with Crippen molar-refractivity contribution in [1.82, 2.24) is 0 Å². The number of fused-ring (bicyclic) bond motifs is 1. The molecule has 1 amide bonds. The van der Waals surface area contributed by atoms with Gasteiger partial charge in [-0.05, 0) is 29.2 Å². The SMILES string of the molecule is CC(CNc1cc2c(cc1N)CC(=O)N2)c1ccccc1. The molecule has 0 spiro atoms. The Morgan fingerprint density at radius 1 is 1.29 bits per heavy atom. The van der Waals surface area contributed by atoms with Gasteiger partial charge in [-0.15, -0.1) is 0 Å². The Bertz CT molecular complexity index is 667. The molecule has 4 heteroatoms. The summed E-state index contributed by atoms with van der Waals surface area (Å²) in [7, 11) is 0. The first-order valence-corrected chi connectivity index (χ1v) is 7.14. The normalized spacial score (nSPS) is 14.4. The number of nitrogens with one attached hydrogen (secondary N) is 2. The standard InChI is InChI=1S/C17H19N3O/c1-11(12-5-3-2-4-6-12)10-19-16-9-15-13(7-14(16)18)8-17(21)20-15/h2-7,9,11,19H,8,10,18H2,1H3,(H,20,21). The van der Waals surface area contributed by atoms with Crippen molar-refractivity contribution in [3.05, 3.63) is 53.6 Å². The first-order chi connectivity index (χ1) is 10.1. The first-order valence-electron chi connectivity index (χ1n) is 7.14. The molecular weight excluding hydrogens is 262 g/mol. The summed E-state index contributed by atoms with van der Waals surface area (Å²) in [6.45, 7) is 2.97. The zero-order valence-corrected chi connectivity index (χ0v) is 12.0. The van der Waals surface area contributed by atoms with Gasteiger partial charge in [-0.25, -0.2) is 0 Å². The van der Waals surface area contributed by atoms with Crippen molar-refractivity contribution in [2.75, 3.05) is 22.9 Å². The van der Waals surface area contributed by atoms with Crippen molar-refractivity contribution in [3.63, 3.8) is 0 Å². The molecule has 1 aliphatic heterocycles. The van der Waals surface area contributed by atoms with Crippen LogP contribution in [0.5, 0.6) is 0 Å². The highest BCUT2D eigenvalue weighted by Gasteiger charge is 2.19. The van der Waals surface area contributed by atoms with Crippen LogP contribution in [0.2, 0.25) is 0 Å². The minimum absolute atomic E-state index is 0.0270. The van der Waals surface area contributed by atoms with E-state index in [4.69, 9.17) is 5.73 Å². The lowest BCUT2D eigenvalue weighted by Crippen LogP contribution is -2.11. The van der Waals surface area contributed by atoms with E-state index < -0.39 is 0 Å². The molecule has 0 bridgehead atoms. The average molecular weight is 281 g/mol. The molecule has 1 heterocycles. The zero-order valence-electron chi connectivity index (χ0n) is 12.0. The summed E-state index contributed by atoms with van der Waals surface area (Å²) in [4.78, 5) is 11.4. The van der Waals surface area contributed by atoms with Gasteiger partial charge in [-0.2, -0.15) is 0 Å². The first kappa shape index (κ1) is 13.5. The fourth-order valence-corrected chi connectivity index (χ4v) is 2.61. The number of hydrogen-bond donors (Lipinski definition) is 3. The molecule has 2 aromatic rings. The fraction of sp³-hybridized carbons (Fsp3) is 0.235. The maximum Gasteiger partial charge on any atom is 0.228 e. The Morgan fingerprint density at radius 2 is 2.05 bits per heavy atom. The van der Waals surface area contributed by atoms with Gasteiger partial charge >= 0.3 is 0 Å². The second-order valence-electron chi connectivity index (χ2n) is 5.51. The molecule has 0 radical (unpaired) electrons. The molecule has 1 unspecified atom stereocenters. The average Bonchev–Trinajstić information content (AvgIpc) is 2.84. The maximum atomic E-state index is 11.4. The maximum absolute atomic E-state index is 11.4. The smallest absolute Gasteiger partial charge is 0.228 e. The van der Waals surface area contributed by atoms with Gasteiger partial charge in [0, 0.05) is 12.2 Å². The highest BCUT2D eigenvalue weighted by atomic mass is 16.1. The Balaban J connectivity index is 1.71. The molecule has 1 atom stereocenters. The number of hydrogen-bond acceptors (Lipinski definition) is 3. The summed E-state index contributed by atoms with van der Waals surface area (Å²) < 4.78 is 0. The van der Waals surface area contributed by atoms with E-state index >= 15 is 0 Å². The summed E-state index contributed by atoms with van der Waals surface area (Å²) in [5.41, 5.74) is 10.7. The van der Waals surface area contributed by atoms with E-state index in [0.29, 0.717) is 18.0 Å². The minimum atomic E-state index is 0.0270. The largest absolute Gasteiger partial charge is 0.397 e. The van der Waals surface area contributed by atoms with Crippen LogP contribution < -0.4 is 16.4 Å². The number of rotatable bonds is 4. The number of carbonyl (C=O) groups excluding carboxylic acids is 1. The molecule has 0 aromatic heterocycles. The summed E-state index contributed by atoms with van der Waals surface area (Å²) in [6, 6.07) is 14.2. The van der Waals surface area contributed by atoms with E-state index in [9.17, 15) is 4.79 Å². The van der Waals surface area contributed by atoms with Crippen molar-refractivity contribution in [2.45, 2.75) is 19.3 Å². The van der Waals surface area contributed by atoms with Crippen LogP contribution in [0.1, 0.15) is 24.0 Å². The molecule has 3 rings (SSSR count). The van der Waals surface area contributed by atoms with Crippen LogP contribution in [0.4, 0.5) is 17.1 Å². The van der Waals surface area contributed by atoms with Gasteiger partial charge in [0.05, 0.1) is 17.8 Å². The van der Waals surface area contributed by atoms with Crippen molar-refractivity contribution in [3.8, 4) is 0 Å². The van der Waals surface area contributed by atoms with Crippen LogP contribution in [-0.4, -0.2) is 12.5 Å². The highest BCUT2D eigenvalue weighted by Crippen LogP contribution is 2.31. The second kappa shape index (κ2) is 5.48. The van der Waals surface area contributed by atoms with Crippen molar-refractivity contribution < 1.29 is 4.79 Å². The van der Waals surface area contributed by atoms with Gasteiger partial charge in [0.1, 0.15) is 0 Å². The Labute approximate surface area is 124 Å². The number of carbonyl (C=O) groups is 1. The second-order valence-corrected chi connectivity index (χ2v) is 5.51. The highest BCUT2D eigenvalue weighted by molar-refractivity contribution is 6.00. The summed E-state index contributed by atoms with van der Waals surface area (Å²) >= 11 is 0. The van der Waals surface area contributed by atoms with E-state index in [-0.39, 0.29) is 5.91 Å². The lowest BCUT2D eigenvalue weighted by Gasteiger charge is -2.16. The number of amides is 1. The van der Waals surface area contributed by atoms with Crippen LogP contribution in [-0.2, 0) is 11.2 Å². The van der Waals surface area contributed by atoms with E-state index in [2.05, 4.69) is 29.7 Å². The molecule has 0 aliphatic carbocycles. The van der Waals surface area contributed by atoms with Crippen LogP contribution in [0.15, 0.2) is 42.5 Å². The van der Waals surface area contributed by atoms with Gasteiger partial charge < -0.3 is 16.4 Å². The molecule has 0 saturated carbocycles. The zero-order chi connectivity index (χ0) is 14.8. The topological polar surface area (TPSA) is 67.1 Å². The van der Waals surface area contributed by atoms with Crippen LogP contribution in [0, 0.1) is 0 Å². The number of nitrogens with two attached hydrogens (primary N) is 1.